The first-order chi connectivity index (χ1) is 14.4. The van der Waals surface area contributed by atoms with E-state index in [1.165, 1.54) is 16.4 Å². The number of hydrogen-bond donors (Lipinski definition) is 1. The third-order valence-corrected chi connectivity index (χ3v) is 7.22. The second-order valence-corrected chi connectivity index (χ2v) is 9.36. The quantitative estimate of drug-likeness (QED) is 0.748. The number of benzene rings is 2. The molecule has 2 aromatic rings. The number of carbonyl (C=O) groups excluding carboxylic acids is 1. The highest BCUT2D eigenvalue weighted by Gasteiger charge is 2.30. The second kappa shape index (κ2) is 8.81. The van der Waals surface area contributed by atoms with Crippen LogP contribution >= 0.6 is 11.6 Å². The Morgan fingerprint density at radius 3 is 2.43 bits per heavy atom. The molecule has 0 spiro atoms. The van der Waals surface area contributed by atoms with Gasteiger partial charge in [-0.3, -0.25) is 9.69 Å². The fraction of sp³-hybridized carbons (Fsp3) is 0.350. The zero-order valence-corrected chi connectivity index (χ0v) is 17.8. The van der Waals surface area contributed by atoms with E-state index in [-0.39, 0.29) is 17.3 Å². The van der Waals surface area contributed by atoms with Gasteiger partial charge in [0.2, 0.25) is 15.9 Å². The summed E-state index contributed by atoms with van der Waals surface area (Å²) in [4.78, 5) is 14.4. The highest BCUT2D eigenvalue weighted by Crippen LogP contribution is 2.33. The van der Waals surface area contributed by atoms with Gasteiger partial charge >= 0.3 is 0 Å². The van der Waals surface area contributed by atoms with Gasteiger partial charge in [-0.15, -0.1) is 0 Å². The van der Waals surface area contributed by atoms with E-state index in [0.29, 0.717) is 61.6 Å². The molecule has 0 saturated carbocycles. The minimum absolute atomic E-state index is 0.170. The van der Waals surface area contributed by atoms with Crippen LogP contribution in [0.3, 0.4) is 0 Å². The van der Waals surface area contributed by atoms with E-state index in [0.717, 1.165) is 0 Å². The molecule has 1 fully saturated rings. The van der Waals surface area contributed by atoms with E-state index in [4.69, 9.17) is 21.1 Å². The highest BCUT2D eigenvalue weighted by molar-refractivity contribution is 7.89. The minimum atomic E-state index is -3.65. The molecule has 10 heteroatoms. The number of rotatable bonds is 5. The Hall–Kier alpha value is -2.33. The number of sulfonamides is 1. The molecular weight excluding hydrogens is 430 g/mol. The van der Waals surface area contributed by atoms with Gasteiger partial charge in [0.15, 0.2) is 11.5 Å². The Labute approximate surface area is 180 Å². The number of ether oxygens (including phenoxy) is 2. The normalized spacial score (nSPS) is 17.5. The average molecular weight is 452 g/mol. The summed E-state index contributed by atoms with van der Waals surface area (Å²) in [6, 6.07) is 11.7. The fourth-order valence-corrected chi connectivity index (χ4v) is 5.04. The fourth-order valence-electron chi connectivity index (χ4n) is 3.42. The molecule has 0 unspecified atom stereocenters. The summed E-state index contributed by atoms with van der Waals surface area (Å²) in [5.41, 5.74) is 0.559. The molecule has 2 aliphatic rings. The van der Waals surface area contributed by atoms with Gasteiger partial charge in [0.05, 0.1) is 22.2 Å². The number of halogens is 1. The smallest absolute Gasteiger partial charge is 0.243 e. The summed E-state index contributed by atoms with van der Waals surface area (Å²) < 4.78 is 38.4. The molecule has 4 rings (SSSR count). The van der Waals surface area contributed by atoms with Crippen molar-refractivity contribution in [3.63, 3.8) is 0 Å². The van der Waals surface area contributed by atoms with Gasteiger partial charge in [0.25, 0.3) is 0 Å². The van der Waals surface area contributed by atoms with E-state index in [2.05, 4.69) is 5.32 Å². The van der Waals surface area contributed by atoms with Crippen LogP contribution in [-0.2, 0) is 14.8 Å². The van der Waals surface area contributed by atoms with Crippen molar-refractivity contribution in [1.82, 2.24) is 9.21 Å². The topological polar surface area (TPSA) is 88.2 Å². The Balaban J connectivity index is 1.34. The SMILES string of the molecule is O=C(CN1CCN(S(=O)(=O)c2ccc3c(c2)OCCO3)CC1)Nc1ccccc1Cl. The molecule has 2 aliphatic heterocycles. The first kappa shape index (κ1) is 20.9. The third kappa shape index (κ3) is 4.54. The van der Waals surface area contributed by atoms with Crippen LogP contribution in [0.1, 0.15) is 0 Å². The summed E-state index contributed by atoms with van der Waals surface area (Å²) in [6.07, 6.45) is 0. The molecule has 1 saturated heterocycles. The molecule has 1 N–H and O–H groups in total. The molecule has 2 heterocycles. The minimum Gasteiger partial charge on any atom is -0.486 e. The number of nitrogens with one attached hydrogen (secondary N) is 1. The predicted octanol–water partition coefficient (Wildman–Crippen LogP) is 2.06. The monoisotopic (exact) mass is 451 g/mol. The second-order valence-electron chi connectivity index (χ2n) is 7.01. The molecular formula is C20H22ClN3O5S. The molecule has 1 amide bonds. The van der Waals surface area contributed by atoms with Gasteiger partial charge in [-0.05, 0) is 24.3 Å². The summed E-state index contributed by atoms with van der Waals surface area (Å²) >= 11 is 6.06. The molecule has 2 aromatic carbocycles. The molecule has 0 bridgehead atoms. The zero-order valence-electron chi connectivity index (χ0n) is 16.2. The number of nitrogens with zero attached hydrogens (tertiary/aromatic N) is 2. The Morgan fingerprint density at radius 2 is 1.70 bits per heavy atom. The van der Waals surface area contributed by atoms with Gasteiger partial charge in [-0.2, -0.15) is 4.31 Å². The third-order valence-electron chi connectivity index (χ3n) is 5.00. The standard InChI is InChI=1S/C20H22ClN3O5S/c21-16-3-1-2-4-17(16)22-20(25)14-23-7-9-24(10-8-23)30(26,27)15-5-6-18-19(13-15)29-12-11-28-18/h1-6,13H,7-12,14H2,(H,22,25). The van der Waals surface area contributed by atoms with Crippen LogP contribution in [0.25, 0.3) is 0 Å². The van der Waals surface area contributed by atoms with Crippen LogP contribution < -0.4 is 14.8 Å². The van der Waals surface area contributed by atoms with Crippen LogP contribution in [0.2, 0.25) is 5.02 Å². The zero-order chi connectivity index (χ0) is 21.1. The maximum atomic E-state index is 13.0. The molecule has 160 valence electrons. The van der Waals surface area contributed by atoms with Gasteiger partial charge in [0.1, 0.15) is 13.2 Å². The molecule has 30 heavy (non-hydrogen) atoms. The number of carbonyl (C=O) groups is 1. The van der Waals surface area contributed by atoms with E-state index in [1.54, 1.807) is 30.3 Å². The van der Waals surface area contributed by atoms with E-state index in [9.17, 15) is 13.2 Å². The van der Waals surface area contributed by atoms with Crippen molar-refractivity contribution < 1.29 is 22.7 Å². The maximum absolute atomic E-state index is 13.0. The summed E-state index contributed by atoms with van der Waals surface area (Å²) in [5.74, 6) is 0.804. The van der Waals surface area contributed by atoms with E-state index < -0.39 is 10.0 Å². The summed E-state index contributed by atoms with van der Waals surface area (Å²) in [6.45, 7) is 2.53. The van der Waals surface area contributed by atoms with Crippen LogP contribution in [0.5, 0.6) is 11.5 Å². The lowest BCUT2D eigenvalue weighted by Gasteiger charge is -2.33. The average Bonchev–Trinajstić information content (AvgIpc) is 2.75. The largest absolute Gasteiger partial charge is 0.486 e. The number of hydrogen-bond acceptors (Lipinski definition) is 6. The molecule has 0 radical (unpaired) electrons. The van der Waals surface area contributed by atoms with Gasteiger partial charge in [-0.1, -0.05) is 23.7 Å². The Bertz CT molecular complexity index is 1040. The molecule has 0 atom stereocenters. The van der Waals surface area contributed by atoms with Crippen LogP contribution in [-0.4, -0.2) is 69.5 Å². The van der Waals surface area contributed by atoms with Crippen molar-refractivity contribution in [2.45, 2.75) is 4.90 Å². The van der Waals surface area contributed by atoms with Crippen LogP contribution in [0.15, 0.2) is 47.4 Å². The summed E-state index contributed by atoms with van der Waals surface area (Å²) in [5, 5.41) is 3.26. The molecule has 0 aliphatic carbocycles. The first-order valence-corrected chi connectivity index (χ1v) is 11.4. The van der Waals surface area contributed by atoms with Gasteiger partial charge < -0.3 is 14.8 Å². The molecule has 8 nitrogen and oxygen atoms in total. The predicted molar refractivity (Wildman–Crippen MR) is 113 cm³/mol. The van der Waals surface area contributed by atoms with Crippen LogP contribution in [0.4, 0.5) is 5.69 Å². The van der Waals surface area contributed by atoms with Crippen molar-refractivity contribution in [2.75, 3.05) is 51.3 Å². The molecule has 0 aromatic heterocycles. The lowest BCUT2D eigenvalue weighted by atomic mass is 10.3. The maximum Gasteiger partial charge on any atom is 0.243 e. The van der Waals surface area contributed by atoms with Crippen molar-refractivity contribution in [1.29, 1.82) is 0 Å². The lowest BCUT2D eigenvalue weighted by Crippen LogP contribution is -2.50. The number of anilines is 1. The number of para-hydroxylation sites is 1. The van der Waals surface area contributed by atoms with Gasteiger partial charge in [0, 0.05) is 32.2 Å². The van der Waals surface area contributed by atoms with Crippen molar-refractivity contribution in [3.05, 3.63) is 47.5 Å². The van der Waals surface area contributed by atoms with Gasteiger partial charge in [-0.25, -0.2) is 8.42 Å². The van der Waals surface area contributed by atoms with Crippen molar-refractivity contribution in [3.8, 4) is 11.5 Å². The Kier molecular flexibility index (Phi) is 6.14. The van der Waals surface area contributed by atoms with E-state index >= 15 is 0 Å². The van der Waals surface area contributed by atoms with Crippen molar-refractivity contribution >= 4 is 33.2 Å². The number of amides is 1. The van der Waals surface area contributed by atoms with Crippen molar-refractivity contribution in [2.24, 2.45) is 0 Å². The summed E-state index contributed by atoms with van der Waals surface area (Å²) in [7, 11) is -3.65. The van der Waals surface area contributed by atoms with E-state index in [1.807, 2.05) is 4.90 Å². The Morgan fingerprint density at radius 1 is 1.00 bits per heavy atom. The number of fused-ring (bicyclic) bond motifs is 1. The van der Waals surface area contributed by atoms with Crippen LogP contribution in [0, 0.1) is 0 Å². The first-order valence-electron chi connectivity index (χ1n) is 9.60. The number of piperazine rings is 1. The highest BCUT2D eigenvalue weighted by atomic mass is 35.5. The lowest BCUT2D eigenvalue weighted by molar-refractivity contribution is -0.117.